The Bertz CT molecular complexity index is 973. The number of rotatable bonds is 9. The Kier molecular flexibility index (Phi) is 8.33. The van der Waals surface area contributed by atoms with Crippen LogP contribution in [0.2, 0.25) is 0 Å². The van der Waals surface area contributed by atoms with Gasteiger partial charge in [0.25, 0.3) is 5.91 Å². The van der Waals surface area contributed by atoms with Crippen molar-refractivity contribution in [2.24, 2.45) is 5.92 Å². The first-order valence-electron chi connectivity index (χ1n) is 12.7. The Morgan fingerprint density at radius 2 is 1.76 bits per heavy atom. The van der Waals surface area contributed by atoms with E-state index in [0.29, 0.717) is 37.7 Å². The van der Waals surface area contributed by atoms with E-state index < -0.39 is 0 Å². The molecule has 0 bridgehead atoms. The molecule has 1 aromatic heterocycles. The van der Waals surface area contributed by atoms with Crippen molar-refractivity contribution in [3.05, 3.63) is 64.5 Å². The monoisotopic (exact) mass is 463 g/mol. The van der Waals surface area contributed by atoms with Crippen molar-refractivity contribution in [2.75, 3.05) is 32.8 Å². The van der Waals surface area contributed by atoms with Gasteiger partial charge in [-0.15, -0.1) is 0 Å². The summed E-state index contributed by atoms with van der Waals surface area (Å²) in [5.74, 6) is 0.773. The number of nitrogens with zero attached hydrogens (tertiary/aromatic N) is 2. The van der Waals surface area contributed by atoms with Crippen LogP contribution in [0, 0.1) is 12.8 Å². The molecule has 0 unspecified atom stereocenters. The molecule has 1 saturated heterocycles. The Morgan fingerprint density at radius 3 is 2.44 bits per heavy atom. The minimum atomic E-state index is -0.0955. The molecule has 2 aliphatic rings. The lowest BCUT2D eigenvalue weighted by Gasteiger charge is -2.33. The number of carbonyl (C=O) groups is 2. The molecule has 1 N–H and O–H groups in total. The van der Waals surface area contributed by atoms with Crippen LogP contribution in [-0.4, -0.2) is 54.5 Å². The van der Waals surface area contributed by atoms with Gasteiger partial charge in [0, 0.05) is 44.3 Å². The fraction of sp³-hybridized carbons (Fsp3) is 0.536. The highest BCUT2D eigenvalue weighted by atomic mass is 16.5. The molecule has 0 radical (unpaired) electrons. The summed E-state index contributed by atoms with van der Waals surface area (Å²) in [6, 6.07) is 12.3. The third-order valence-corrected chi connectivity index (χ3v) is 7.02. The second-order valence-electron chi connectivity index (χ2n) is 9.66. The topological polar surface area (TPSA) is 71.5 Å². The molecule has 2 amide bonds. The number of pyridine rings is 1. The lowest BCUT2D eigenvalue weighted by molar-refractivity contribution is -0.133. The Morgan fingerprint density at radius 1 is 1.06 bits per heavy atom. The molecule has 2 heterocycles. The molecule has 6 nitrogen and oxygen atoms in total. The summed E-state index contributed by atoms with van der Waals surface area (Å²) in [6.07, 6.45) is 5.28. The van der Waals surface area contributed by atoms with E-state index in [4.69, 9.17) is 9.72 Å². The van der Waals surface area contributed by atoms with Gasteiger partial charge in [-0.1, -0.05) is 31.2 Å². The average molecular weight is 464 g/mol. The highest BCUT2D eigenvalue weighted by Crippen LogP contribution is 2.32. The molecule has 6 heteroatoms. The number of hydrogen-bond acceptors (Lipinski definition) is 4. The Hall–Kier alpha value is -2.73. The zero-order chi connectivity index (χ0) is 23.9. The van der Waals surface area contributed by atoms with Gasteiger partial charge in [-0.2, -0.15) is 0 Å². The fourth-order valence-electron chi connectivity index (χ4n) is 5.23. The molecule has 1 aromatic carbocycles. The smallest absolute Gasteiger partial charge is 0.253 e. The third kappa shape index (κ3) is 6.03. The molecule has 1 aliphatic heterocycles. The van der Waals surface area contributed by atoms with Gasteiger partial charge in [0.15, 0.2) is 0 Å². The molecular formula is C28H37N3O3. The van der Waals surface area contributed by atoms with Gasteiger partial charge < -0.3 is 15.0 Å². The van der Waals surface area contributed by atoms with E-state index in [1.54, 1.807) is 0 Å². The predicted octanol–water partition coefficient (Wildman–Crippen LogP) is 4.06. The summed E-state index contributed by atoms with van der Waals surface area (Å²) < 4.78 is 5.47. The SMILES string of the molecule is CCCOCCNC(=O)c1ccc(C)nc1C1CCN(C(=O)CC2Cc3ccccc3C2)CC1. The third-order valence-electron chi connectivity index (χ3n) is 7.02. The number of nitrogens with one attached hydrogen (secondary N) is 1. The number of aryl methyl sites for hydroxylation is 1. The molecule has 1 aliphatic carbocycles. The minimum absolute atomic E-state index is 0.0955. The number of likely N-dealkylation sites (tertiary alicyclic amines) is 1. The van der Waals surface area contributed by atoms with Gasteiger partial charge in [-0.3, -0.25) is 14.6 Å². The van der Waals surface area contributed by atoms with Crippen molar-refractivity contribution in [1.82, 2.24) is 15.2 Å². The zero-order valence-corrected chi connectivity index (χ0v) is 20.5. The minimum Gasteiger partial charge on any atom is -0.380 e. The summed E-state index contributed by atoms with van der Waals surface area (Å²) in [7, 11) is 0. The molecule has 0 atom stereocenters. The van der Waals surface area contributed by atoms with Crippen LogP contribution in [0.1, 0.15) is 71.4 Å². The highest BCUT2D eigenvalue weighted by molar-refractivity contribution is 5.95. The molecule has 34 heavy (non-hydrogen) atoms. The van der Waals surface area contributed by atoms with Crippen molar-refractivity contribution in [3.63, 3.8) is 0 Å². The number of benzene rings is 1. The molecular weight excluding hydrogens is 426 g/mol. The number of hydrogen-bond donors (Lipinski definition) is 1. The highest BCUT2D eigenvalue weighted by Gasteiger charge is 2.30. The standard InChI is InChI=1S/C28H37N3O3/c1-3-15-34-16-12-29-28(33)25-9-8-20(2)30-27(25)22-10-13-31(14-11-22)26(32)19-21-17-23-6-4-5-7-24(23)18-21/h4-9,21-22H,3,10-19H2,1-2H3,(H,29,33). The number of amides is 2. The summed E-state index contributed by atoms with van der Waals surface area (Å²) in [5.41, 5.74) is 5.22. The first-order valence-corrected chi connectivity index (χ1v) is 12.7. The number of aromatic nitrogens is 1. The van der Waals surface area contributed by atoms with E-state index in [1.807, 2.05) is 24.0 Å². The molecule has 2 aromatic rings. The second kappa shape index (κ2) is 11.6. The summed E-state index contributed by atoms with van der Waals surface area (Å²) in [5, 5.41) is 2.96. The number of piperidine rings is 1. The van der Waals surface area contributed by atoms with E-state index in [-0.39, 0.29) is 17.7 Å². The van der Waals surface area contributed by atoms with Crippen LogP contribution in [0.5, 0.6) is 0 Å². The van der Waals surface area contributed by atoms with E-state index >= 15 is 0 Å². The van der Waals surface area contributed by atoms with Crippen molar-refractivity contribution in [1.29, 1.82) is 0 Å². The lowest BCUT2D eigenvalue weighted by Crippen LogP contribution is -2.39. The predicted molar refractivity (Wildman–Crippen MR) is 133 cm³/mol. The van der Waals surface area contributed by atoms with Crippen LogP contribution in [0.3, 0.4) is 0 Å². The van der Waals surface area contributed by atoms with Crippen LogP contribution in [0.4, 0.5) is 0 Å². The zero-order valence-electron chi connectivity index (χ0n) is 20.5. The first-order chi connectivity index (χ1) is 16.5. The van der Waals surface area contributed by atoms with Gasteiger partial charge in [0.2, 0.25) is 5.91 Å². The summed E-state index contributed by atoms with van der Waals surface area (Å²) >= 11 is 0. The molecule has 0 saturated carbocycles. The van der Waals surface area contributed by atoms with E-state index in [2.05, 4.69) is 36.5 Å². The van der Waals surface area contributed by atoms with Crippen LogP contribution >= 0.6 is 0 Å². The van der Waals surface area contributed by atoms with Gasteiger partial charge >= 0.3 is 0 Å². The van der Waals surface area contributed by atoms with Crippen LogP contribution in [0.25, 0.3) is 0 Å². The maximum atomic E-state index is 13.0. The van der Waals surface area contributed by atoms with E-state index in [9.17, 15) is 9.59 Å². The van der Waals surface area contributed by atoms with Crippen LogP contribution < -0.4 is 5.32 Å². The van der Waals surface area contributed by atoms with E-state index in [1.165, 1.54) is 11.1 Å². The van der Waals surface area contributed by atoms with Crippen LogP contribution in [-0.2, 0) is 22.4 Å². The first kappa shape index (κ1) is 24.4. The number of fused-ring (bicyclic) bond motifs is 1. The molecule has 182 valence electrons. The fourth-order valence-corrected chi connectivity index (χ4v) is 5.23. The number of carbonyl (C=O) groups excluding carboxylic acids is 2. The Labute approximate surface area is 203 Å². The van der Waals surface area contributed by atoms with Crippen molar-refractivity contribution < 1.29 is 14.3 Å². The lowest BCUT2D eigenvalue weighted by atomic mass is 9.89. The Balaban J connectivity index is 1.31. The second-order valence-corrected chi connectivity index (χ2v) is 9.66. The van der Waals surface area contributed by atoms with Crippen molar-refractivity contribution in [2.45, 2.75) is 58.3 Å². The number of ether oxygens (including phenoxy) is 1. The molecule has 4 rings (SSSR count). The average Bonchev–Trinajstić information content (AvgIpc) is 3.26. The normalized spacial score (nSPS) is 16.5. The van der Waals surface area contributed by atoms with Gasteiger partial charge in [0.05, 0.1) is 17.9 Å². The van der Waals surface area contributed by atoms with Crippen molar-refractivity contribution in [3.8, 4) is 0 Å². The maximum absolute atomic E-state index is 13.0. The van der Waals surface area contributed by atoms with Gasteiger partial charge in [0.1, 0.15) is 0 Å². The molecule has 1 fully saturated rings. The van der Waals surface area contributed by atoms with Gasteiger partial charge in [-0.05, 0) is 68.2 Å². The van der Waals surface area contributed by atoms with Crippen LogP contribution in [0.15, 0.2) is 36.4 Å². The largest absolute Gasteiger partial charge is 0.380 e. The van der Waals surface area contributed by atoms with Crippen molar-refractivity contribution >= 4 is 11.8 Å². The quantitative estimate of drug-likeness (QED) is 0.570. The maximum Gasteiger partial charge on any atom is 0.253 e. The summed E-state index contributed by atoms with van der Waals surface area (Å²) in [4.78, 5) is 32.6. The molecule has 0 spiro atoms. The van der Waals surface area contributed by atoms with Gasteiger partial charge in [-0.25, -0.2) is 0 Å². The van der Waals surface area contributed by atoms with E-state index in [0.717, 1.165) is 56.6 Å². The summed E-state index contributed by atoms with van der Waals surface area (Å²) in [6.45, 7) is 7.19.